The number of benzene rings is 2. The Labute approximate surface area is 117 Å². The van der Waals surface area contributed by atoms with E-state index in [1.165, 1.54) is 0 Å². The highest BCUT2D eigenvalue weighted by atomic mass is 16.1. The number of aromatic nitrogens is 1. The van der Waals surface area contributed by atoms with E-state index in [1.54, 1.807) is 0 Å². The number of pyridine rings is 1. The molecule has 0 atom stereocenters. The second-order valence-electron chi connectivity index (χ2n) is 4.72. The average Bonchev–Trinajstić information content (AvgIpc) is 2.47. The molecule has 98 valence electrons. The van der Waals surface area contributed by atoms with Gasteiger partial charge in [-0.1, -0.05) is 42.5 Å². The topological polar surface area (TPSA) is 56.0 Å². The second-order valence-corrected chi connectivity index (χ2v) is 4.72. The maximum Gasteiger partial charge on any atom is 0.221 e. The molecular weight excluding hydrogens is 248 g/mol. The summed E-state index contributed by atoms with van der Waals surface area (Å²) < 4.78 is 0. The molecule has 0 aliphatic heterocycles. The summed E-state index contributed by atoms with van der Waals surface area (Å²) in [5.41, 5.74) is 9.24. The van der Waals surface area contributed by atoms with Crippen LogP contribution in [0.5, 0.6) is 0 Å². The number of amides is 1. The van der Waals surface area contributed by atoms with Crippen LogP contribution in [0.1, 0.15) is 5.56 Å². The number of carbonyl (C=O) groups is 1. The first kappa shape index (κ1) is 12.4. The van der Waals surface area contributed by atoms with Gasteiger partial charge in [0.05, 0.1) is 11.9 Å². The van der Waals surface area contributed by atoms with Crippen LogP contribution in [0.25, 0.3) is 22.0 Å². The van der Waals surface area contributed by atoms with E-state index in [9.17, 15) is 4.79 Å². The maximum absolute atomic E-state index is 11.2. The minimum Gasteiger partial charge on any atom is -0.369 e. The average molecular weight is 262 g/mol. The van der Waals surface area contributed by atoms with Crippen LogP contribution in [0, 0.1) is 0 Å². The molecule has 0 aliphatic rings. The lowest BCUT2D eigenvalue weighted by Gasteiger charge is -2.07. The molecule has 2 N–H and O–H groups in total. The molecule has 20 heavy (non-hydrogen) atoms. The van der Waals surface area contributed by atoms with Gasteiger partial charge in [-0.15, -0.1) is 0 Å². The Morgan fingerprint density at radius 3 is 2.55 bits per heavy atom. The molecular formula is C17H14N2O. The van der Waals surface area contributed by atoms with Gasteiger partial charge in [-0.05, 0) is 23.3 Å². The predicted octanol–water partition coefficient (Wildman–Crippen LogP) is 2.93. The van der Waals surface area contributed by atoms with E-state index in [-0.39, 0.29) is 12.3 Å². The smallest absolute Gasteiger partial charge is 0.221 e. The quantitative estimate of drug-likeness (QED) is 0.789. The lowest BCUT2D eigenvalue weighted by molar-refractivity contribution is -0.117. The highest BCUT2D eigenvalue weighted by molar-refractivity contribution is 5.90. The Morgan fingerprint density at radius 1 is 1.00 bits per heavy atom. The third-order valence-electron chi connectivity index (χ3n) is 3.29. The van der Waals surface area contributed by atoms with Gasteiger partial charge >= 0.3 is 0 Å². The van der Waals surface area contributed by atoms with Crippen molar-refractivity contribution < 1.29 is 4.79 Å². The summed E-state index contributed by atoms with van der Waals surface area (Å²) in [7, 11) is 0. The summed E-state index contributed by atoms with van der Waals surface area (Å²) >= 11 is 0. The fraction of sp³-hybridized carbons (Fsp3) is 0.0588. The summed E-state index contributed by atoms with van der Waals surface area (Å²) in [5, 5.41) is 0.979. The third-order valence-corrected chi connectivity index (χ3v) is 3.29. The Hall–Kier alpha value is -2.68. The van der Waals surface area contributed by atoms with Crippen molar-refractivity contribution in [3.63, 3.8) is 0 Å². The number of nitrogens with zero attached hydrogens (tertiary/aromatic N) is 1. The first-order valence-electron chi connectivity index (χ1n) is 6.45. The van der Waals surface area contributed by atoms with Crippen molar-refractivity contribution in [1.82, 2.24) is 4.98 Å². The van der Waals surface area contributed by atoms with Crippen molar-refractivity contribution in [1.29, 1.82) is 0 Å². The molecule has 1 aromatic heterocycles. The van der Waals surface area contributed by atoms with E-state index in [0.29, 0.717) is 0 Å². The van der Waals surface area contributed by atoms with Gasteiger partial charge in [0.25, 0.3) is 0 Å². The Balaban J connectivity index is 2.16. The van der Waals surface area contributed by atoms with Gasteiger partial charge in [0, 0.05) is 17.1 Å². The minimum atomic E-state index is -0.331. The SMILES string of the molecule is NC(=O)Cc1cccc2ncc(-c3ccccc3)cc12. The van der Waals surface area contributed by atoms with E-state index in [0.717, 1.165) is 27.6 Å². The molecule has 0 saturated carbocycles. The number of hydrogen-bond donors (Lipinski definition) is 1. The molecule has 0 fully saturated rings. The zero-order chi connectivity index (χ0) is 13.9. The molecule has 3 rings (SSSR count). The van der Waals surface area contributed by atoms with Gasteiger partial charge in [-0.2, -0.15) is 0 Å². The van der Waals surface area contributed by atoms with Crippen LogP contribution in [-0.4, -0.2) is 10.9 Å². The van der Waals surface area contributed by atoms with Crippen molar-refractivity contribution in [3.8, 4) is 11.1 Å². The van der Waals surface area contributed by atoms with Crippen LogP contribution in [0.15, 0.2) is 60.8 Å². The molecule has 0 saturated heterocycles. The summed E-state index contributed by atoms with van der Waals surface area (Å²) in [6.45, 7) is 0. The number of primary amides is 1. The fourth-order valence-corrected chi connectivity index (χ4v) is 2.34. The summed E-state index contributed by atoms with van der Waals surface area (Å²) in [4.78, 5) is 15.6. The normalized spacial score (nSPS) is 10.6. The number of carbonyl (C=O) groups excluding carboxylic acids is 1. The fourth-order valence-electron chi connectivity index (χ4n) is 2.34. The first-order chi connectivity index (χ1) is 9.74. The monoisotopic (exact) mass is 262 g/mol. The van der Waals surface area contributed by atoms with Crippen molar-refractivity contribution in [2.45, 2.75) is 6.42 Å². The molecule has 2 aromatic carbocycles. The van der Waals surface area contributed by atoms with Crippen LogP contribution in [-0.2, 0) is 11.2 Å². The summed E-state index contributed by atoms with van der Waals surface area (Å²) in [6.07, 6.45) is 2.09. The third kappa shape index (κ3) is 2.38. The van der Waals surface area contributed by atoms with Crippen LogP contribution >= 0.6 is 0 Å². The van der Waals surface area contributed by atoms with Gasteiger partial charge < -0.3 is 5.73 Å². The van der Waals surface area contributed by atoms with Gasteiger partial charge in [0.2, 0.25) is 5.91 Å². The Kier molecular flexibility index (Phi) is 3.17. The number of nitrogens with two attached hydrogens (primary N) is 1. The van der Waals surface area contributed by atoms with Crippen LogP contribution in [0.4, 0.5) is 0 Å². The van der Waals surface area contributed by atoms with Crippen molar-refractivity contribution in [3.05, 3.63) is 66.4 Å². The molecule has 3 aromatic rings. The number of fused-ring (bicyclic) bond motifs is 1. The van der Waals surface area contributed by atoms with Crippen molar-refractivity contribution in [2.75, 3.05) is 0 Å². The molecule has 1 heterocycles. The lowest BCUT2D eigenvalue weighted by Crippen LogP contribution is -2.13. The summed E-state index contributed by atoms with van der Waals surface area (Å²) in [5.74, 6) is -0.331. The van der Waals surface area contributed by atoms with Gasteiger partial charge in [-0.25, -0.2) is 0 Å². The molecule has 0 bridgehead atoms. The largest absolute Gasteiger partial charge is 0.369 e. The highest BCUT2D eigenvalue weighted by Crippen LogP contribution is 2.25. The molecule has 0 radical (unpaired) electrons. The van der Waals surface area contributed by atoms with E-state index < -0.39 is 0 Å². The Bertz CT molecular complexity index is 766. The molecule has 3 heteroatoms. The Morgan fingerprint density at radius 2 is 1.80 bits per heavy atom. The maximum atomic E-state index is 11.2. The van der Waals surface area contributed by atoms with Crippen LogP contribution in [0.3, 0.4) is 0 Å². The molecule has 3 nitrogen and oxygen atoms in total. The first-order valence-corrected chi connectivity index (χ1v) is 6.45. The van der Waals surface area contributed by atoms with E-state index in [1.807, 2.05) is 54.7 Å². The van der Waals surface area contributed by atoms with Crippen LogP contribution < -0.4 is 5.73 Å². The van der Waals surface area contributed by atoms with E-state index >= 15 is 0 Å². The zero-order valence-corrected chi connectivity index (χ0v) is 10.9. The molecule has 0 aliphatic carbocycles. The van der Waals surface area contributed by atoms with E-state index in [4.69, 9.17) is 5.73 Å². The number of rotatable bonds is 3. The standard InChI is InChI=1S/C17H14N2O/c18-17(20)10-13-7-4-8-16-15(13)9-14(11-19-16)12-5-2-1-3-6-12/h1-9,11H,10H2,(H2,18,20). The lowest BCUT2D eigenvalue weighted by atomic mass is 10.0. The zero-order valence-electron chi connectivity index (χ0n) is 10.9. The molecule has 0 spiro atoms. The number of hydrogen-bond acceptors (Lipinski definition) is 2. The van der Waals surface area contributed by atoms with Gasteiger partial charge in [0.15, 0.2) is 0 Å². The summed E-state index contributed by atoms with van der Waals surface area (Å²) in [6, 6.07) is 17.9. The predicted molar refractivity (Wildman–Crippen MR) is 80.1 cm³/mol. The highest BCUT2D eigenvalue weighted by Gasteiger charge is 2.06. The van der Waals surface area contributed by atoms with E-state index in [2.05, 4.69) is 11.1 Å². The molecule has 1 amide bonds. The van der Waals surface area contributed by atoms with Gasteiger partial charge in [0.1, 0.15) is 0 Å². The molecule has 0 unspecified atom stereocenters. The van der Waals surface area contributed by atoms with Crippen LogP contribution in [0.2, 0.25) is 0 Å². The van der Waals surface area contributed by atoms with Crippen molar-refractivity contribution in [2.24, 2.45) is 5.73 Å². The second kappa shape index (κ2) is 5.13. The van der Waals surface area contributed by atoms with Crippen molar-refractivity contribution >= 4 is 16.8 Å². The minimum absolute atomic E-state index is 0.233. The van der Waals surface area contributed by atoms with Gasteiger partial charge in [-0.3, -0.25) is 9.78 Å².